The molecule has 3 rings (SSSR count). The first-order valence-electron chi connectivity index (χ1n) is 8.61. The number of carboxylic acid groups (broad SMARTS) is 1. The molecule has 3 atom stereocenters. The van der Waals surface area contributed by atoms with Crippen LogP contribution in [0.25, 0.3) is 0 Å². The van der Waals surface area contributed by atoms with Crippen LogP contribution in [0.3, 0.4) is 0 Å². The van der Waals surface area contributed by atoms with Gasteiger partial charge in [0.05, 0.1) is 22.6 Å². The number of rotatable bonds is 3. The van der Waals surface area contributed by atoms with Crippen molar-refractivity contribution in [2.75, 3.05) is 5.75 Å². The first-order valence-corrected chi connectivity index (χ1v) is 9.66. The molecule has 0 radical (unpaired) electrons. The van der Waals surface area contributed by atoms with Gasteiger partial charge in [0.25, 0.3) is 0 Å². The number of aromatic amines is 1. The van der Waals surface area contributed by atoms with E-state index in [1.54, 1.807) is 11.8 Å². The summed E-state index contributed by atoms with van der Waals surface area (Å²) < 4.78 is 5.48. The number of nitrogens with one attached hydrogen (secondary N) is 2. The highest BCUT2D eigenvalue weighted by Crippen LogP contribution is 2.40. The number of aliphatic carboxylic acids is 1. The molecule has 25 heavy (non-hydrogen) atoms. The third-order valence-electron chi connectivity index (χ3n) is 4.42. The van der Waals surface area contributed by atoms with Gasteiger partial charge in [-0.05, 0) is 33.6 Å². The van der Waals surface area contributed by atoms with E-state index in [0.29, 0.717) is 13.0 Å². The van der Waals surface area contributed by atoms with Crippen LogP contribution in [0.4, 0.5) is 0 Å². The predicted molar refractivity (Wildman–Crippen MR) is 94.3 cm³/mol. The van der Waals surface area contributed by atoms with Crippen LogP contribution in [-0.4, -0.2) is 44.4 Å². The molecule has 0 aliphatic carbocycles. The molecular formula is C17H25N3O4S. The van der Waals surface area contributed by atoms with Crippen molar-refractivity contribution in [2.45, 2.75) is 63.5 Å². The minimum absolute atomic E-state index is 0.0666. The predicted octanol–water partition coefficient (Wildman–Crippen LogP) is 2.03. The average Bonchev–Trinajstić information content (AvgIpc) is 2.96. The van der Waals surface area contributed by atoms with E-state index >= 15 is 0 Å². The van der Waals surface area contributed by atoms with E-state index in [9.17, 15) is 9.59 Å². The maximum absolute atomic E-state index is 12.2. The number of hydrogen-bond donors (Lipinski definition) is 3. The fourth-order valence-corrected chi connectivity index (χ4v) is 4.48. The lowest BCUT2D eigenvalue weighted by Gasteiger charge is -2.28. The number of carboxylic acids is 1. The van der Waals surface area contributed by atoms with Crippen molar-refractivity contribution in [3.05, 3.63) is 17.2 Å². The summed E-state index contributed by atoms with van der Waals surface area (Å²) in [5.41, 5.74) is 1.37. The Morgan fingerprint density at radius 1 is 1.32 bits per heavy atom. The standard InChI is InChI=1S/C17H25N3O4S/c1-17(2,3)24-16(23)9-4-5-13(25-8-9)14-19-10-6-11(15(21)22)18-7-12(10)20-14/h9,11,13,18H,4-8H2,1-3H3,(H,19,20)(H,21,22)/t9?,11-,13?/m0/s1. The highest BCUT2D eigenvalue weighted by Gasteiger charge is 2.33. The number of carbonyl (C=O) groups is 2. The van der Waals surface area contributed by atoms with Crippen LogP contribution in [0, 0.1) is 5.92 Å². The van der Waals surface area contributed by atoms with Gasteiger partial charge in [0.1, 0.15) is 17.5 Å². The zero-order valence-electron chi connectivity index (χ0n) is 14.8. The Balaban J connectivity index is 1.59. The SMILES string of the molecule is CC(C)(C)OC(=O)C1CCC(c2nc3c([nH]2)CN[C@H](C(=O)O)C3)SC1. The lowest BCUT2D eigenvalue weighted by Crippen LogP contribution is -2.41. The van der Waals surface area contributed by atoms with Crippen molar-refractivity contribution in [1.29, 1.82) is 0 Å². The summed E-state index contributed by atoms with van der Waals surface area (Å²) in [6.45, 7) is 6.15. The molecule has 2 aliphatic heterocycles. The second-order valence-electron chi connectivity index (χ2n) is 7.65. The molecule has 2 unspecified atom stereocenters. The normalized spacial score (nSPS) is 26.8. The van der Waals surface area contributed by atoms with E-state index in [0.717, 1.165) is 35.8 Å². The van der Waals surface area contributed by atoms with Crippen molar-refractivity contribution in [3.63, 3.8) is 0 Å². The van der Waals surface area contributed by atoms with E-state index in [1.165, 1.54) is 0 Å². The Hall–Kier alpha value is -1.54. The molecule has 0 bridgehead atoms. The van der Waals surface area contributed by atoms with Gasteiger partial charge < -0.3 is 14.8 Å². The van der Waals surface area contributed by atoms with Crippen LogP contribution in [0.1, 0.15) is 56.1 Å². The number of hydrogen-bond acceptors (Lipinski definition) is 6. The molecule has 7 nitrogen and oxygen atoms in total. The number of H-pyrrole nitrogens is 1. The quantitative estimate of drug-likeness (QED) is 0.702. The van der Waals surface area contributed by atoms with Gasteiger partial charge in [0.2, 0.25) is 0 Å². The summed E-state index contributed by atoms with van der Waals surface area (Å²) in [5, 5.41) is 12.3. The van der Waals surface area contributed by atoms with Gasteiger partial charge in [-0.3, -0.25) is 14.9 Å². The van der Waals surface area contributed by atoms with Crippen LogP contribution < -0.4 is 5.32 Å². The van der Waals surface area contributed by atoms with Crippen LogP contribution in [-0.2, 0) is 27.3 Å². The van der Waals surface area contributed by atoms with Crippen LogP contribution in [0.2, 0.25) is 0 Å². The van der Waals surface area contributed by atoms with E-state index in [2.05, 4.69) is 15.3 Å². The summed E-state index contributed by atoms with van der Waals surface area (Å²) in [4.78, 5) is 31.3. The lowest BCUT2D eigenvalue weighted by atomic mass is 10.0. The first kappa shape index (κ1) is 18.3. The molecule has 1 fully saturated rings. The van der Waals surface area contributed by atoms with Gasteiger partial charge in [0.15, 0.2) is 0 Å². The molecule has 0 aromatic carbocycles. The Morgan fingerprint density at radius 2 is 2.08 bits per heavy atom. The second-order valence-corrected chi connectivity index (χ2v) is 8.89. The number of aromatic nitrogens is 2. The van der Waals surface area contributed by atoms with Gasteiger partial charge in [-0.2, -0.15) is 0 Å². The number of esters is 1. The minimum atomic E-state index is -0.845. The third-order valence-corrected chi connectivity index (χ3v) is 5.88. The van der Waals surface area contributed by atoms with Gasteiger partial charge in [0, 0.05) is 18.7 Å². The Bertz CT molecular complexity index is 659. The largest absolute Gasteiger partial charge is 0.480 e. The monoisotopic (exact) mass is 367 g/mol. The van der Waals surface area contributed by atoms with Gasteiger partial charge in [-0.1, -0.05) is 0 Å². The summed E-state index contributed by atoms with van der Waals surface area (Å²) in [5.74, 6) is 0.586. The molecule has 2 aliphatic rings. The average molecular weight is 367 g/mol. The fourth-order valence-electron chi connectivity index (χ4n) is 3.14. The summed E-state index contributed by atoms with van der Waals surface area (Å²) in [7, 11) is 0. The molecule has 0 saturated carbocycles. The topological polar surface area (TPSA) is 104 Å². The molecular weight excluding hydrogens is 342 g/mol. The molecule has 8 heteroatoms. The van der Waals surface area contributed by atoms with Gasteiger partial charge in [-0.25, -0.2) is 4.98 Å². The smallest absolute Gasteiger partial charge is 0.321 e. The summed E-state index contributed by atoms with van der Waals surface area (Å²) in [6.07, 6.45) is 2.05. The molecule has 138 valence electrons. The van der Waals surface area contributed by atoms with E-state index in [-0.39, 0.29) is 17.1 Å². The highest BCUT2D eigenvalue weighted by atomic mass is 32.2. The number of carbonyl (C=O) groups excluding carboxylic acids is 1. The highest BCUT2D eigenvalue weighted by molar-refractivity contribution is 7.99. The van der Waals surface area contributed by atoms with E-state index < -0.39 is 17.6 Å². The molecule has 0 spiro atoms. The molecule has 1 saturated heterocycles. The summed E-state index contributed by atoms with van der Waals surface area (Å²) >= 11 is 1.72. The third kappa shape index (κ3) is 4.36. The fraction of sp³-hybridized carbons (Fsp3) is 0.706. The van der Waals surface area contributed by atoms with E-state index in [4.69, 9.17) is 9.84 Å². The maximum atomic E-state index is 12.2. The van der Waals surface area contributed by atoms with E-state index in [1.807, 2.05) is 20.8 Å². The number of imidazole rings is 1. The molecule has 1 aromatic heterocycles. The molecule has 3 heterocycles. The molecule has 0 amide bonds. The second kappa shape index (κ2) is 6.99. The summed E-state index contributed by atoms with van der Waals surface area (Å²) in [6, 6.07) is -0.570. The number of thioether (sulfide) groups is 1. The zero-order chi connectivity index (χ0) is 18.2. The zero-order valence-corrected chi connectivity index (χ0v) is 15.6. The van der Waals surface area contributed by atoms with Crippen LogP contribution in [0.5, 0.6) is 0 Å². The van der Waals surface area contributed by atoms with Crippen LogP contribution >= 0.6 is 11.8 Å². The van der Waals surface area contributed by atoms with Gasteiger partial charge >= 0.3 is 11.9 Å². The number of fused-ring (bicyclic) bond motifs is 1. The van der Waals surface area contributed by atoms with Crippen molar-refractivity contribution in [3.8, 4) is 0 Å². The van der Waals surface area contributed by atoms with Crippen molar-refractivity contribution >= 4 is 23.7 Å². The molecule has 3 N–H and O–H groups in total. The number of nitrogens with zero attached hydrogens (tertiary/aromatic N) is 1. The van der Waals surface area contributed by atoms with Crippen molar-refractivity contribution < 1.29 is 19.4 Å². The first-order chi connectivity index (χ1) is 11.7. The Labute approximate surface area is 151 Å². The van der Waals surface area contributed by atoms with Gasteiger partial charge in [-0.15, -0.1) is 11.8 Å². The minimum Gasteiger partial charge on any atom is -0.480 e. The van der Waals surface area contributed by atoms with Crippen molar-refractivity contribution in [1.82, 2.24) is 15.3 Å². The van der Waals surface area contributed by atoms with Crippen molar-refractivity contribution in [2.24, 2.45) is 5.92 Å². The Kier molecular flexibility index (Phi) is 5.11. The number of ether oxygens (including phenoxy) is 1. The molecule has 1 aromatic rings. The Morgan fingerprint density at radius 3 is 2.68 bits per heavy atom. The lowest BCUT2D eigenvalue weighted by molar-refractivity contribution is -0.159. The maximum Gasteiger partial charge on any atom is 0.321 e. The van der Waals surface area contributed by atoms with Crippen LogP contribution in [0.15, 0.2) is 0 Å².